The van der Waals surface area contributed by atoms with Gasteiger partial charge in [0, 0.05) is 11.6 Å². The third-order valence-electron chi connectivity index (χ3n) is 6.14. The van der Waals surface area contributed by atoms with E-state index in [1.165, 1.54) is 37.4 Å². The van der Waals surface area contributed by atoms with E-state index in [1.807, 2.05) is 12.1 Å². The van der Waals surface area contributed by atoms with Gasteiger partial charge in [-0.2, -0.15) is 5.26 Å². The van der Waals surface area contributed by atoms with Gasteiger partial charge < -0.3 is 9.74 Å². The quantitative estimate of drug-likeness (QED) is 0.651. The Morgan fingerprint density at radius 3 is 2.48 bits per heavy atom. The van der Waals surface area contributed by atoms with Crippen molar-refractivity contribution in [1.29, 1.82) is 5.26 Å². The second-order valence-electron chi connectivity index (χ2n) is 7.60. The Bertz CT molecular complexity index is 626. The Labute approximate surface area is 153 Å². The lowest BCUT2D eigenvalue weighted by Gasteiger charge is -2.34. The van der Waals surface area contributed by atoms with Crippen LogP contribution in [-0.2, 0) is 4.43 Å². The summed E-state index contributed by atoms with van der Waals surface area (Å²) in [4.78, 5) is 4.78. The zero-order valence-corrected chi connectivity index (χ0v) is 16.8. The molecule has 136 valence electrons. The highest BCUT2D eigenvalue weighted by Gasteiger charge is 2.37. The van der Waals surface area contributed by atoms with Crippen molar-refractivity contribution in [2.75, 3.05) is 5.32 Å². The lowest BCUT2D eigenvalue weighted by atomic mass is 10.1. The Balaban J connectivity index is 1.75. The molecular formula is C20H31N3OSi. The molecule has 1 aromatic rings. The molecule has 0 radical (unpaired) electrons. The van der Waals surface area contributed by atoms with E-state index in [4.69, 9.17) is 9.41 Å². The number of hydrogen-bond donors (Lipinski definition) is 1. The number of aromatic nitrogens is 1. The van der Waals surface area contributed by atoms with E-state index < -0.39 is 8.32 Å². The second kappa shape index (κ2) is 7.88. The number of rotatable bonds is 8. The summed E-state index contributed by atoms with van der Waals surface area (Å²) >= 11 is 0. The lowest BCUT2D eigenvalue weighted by Crippen LogP contribution is -2.44. The fourth-order valence-electron chi connectivity index (χ4n) is 4.01. The summed E-state index contributed by atoms with van der Waals surface area (Å²) in [5, 5.41) is 13.0. The fourth-order valence-corrected chi connectivity index (χ4v) is 6.93. The molecule has 25 heavy (non-hydrogen) atoms. The molecule has 0 amide bonds. The largest absolute Gasteiger partial charge is 0.412 e. The van der Waals surface area contributed by atoms with Crippen molar-refractivity contribution in [2.45, 2.75) is 89.1 Å². The third-order valence-corrected chi connectivity index (χ3v) is 10.8. The SMILES string of the molecule is CC[Si](CC)(CC)OC1CCCC1Nc1nc(C2CC2)ccc1C#N. The summed E-state index contributed by atoms with van der Waals surface area (Å²) in [6.07, 6.45) is 6.14. The summed E-state index contributed by atoms with van der Waals surface area (Å²) < 4.78 is 6.76. The maximum atomic E-state index is 9.45. The van der Waals surface area contributed by atoms with Crippen LogP contribution in [0, 0.1) is 11.3 Å². The molecule has 0 aromatic carbocycles. The molecule has 2 fully saturated rings. The molecule has 1 N–H and O–H groups in total. The van der Waals surface area contributed by atoms with Crippen LogP contribution < -0.4 is 5.32 Å². The van der Waals surface area contributed by atoms with Gasteiger partial charge >= 0.3 is 0 Å². The first-order chi connectivity index (χ1) is 12.1. The number of nitrogens with one attached hydrogen (secondary N) is 1. The van der Waals surface area contributed by atoms with E-state index in [9.17, 15) is 5.26 Å². The molecule has 0 spiro atoms. The standard InChI is InChI=1S/C20H31N3OSi/c1-4-25(5-2,6-3)24-19-9-7-8-18(19)23-20-16(14-21)12-13-17(22-20)15-10-11-15/h12-13,15,18-19H,4-11H2,1-3H3,(H,22,23). The molecule has 0 saturated heterocycles. The molecule has 3 rings (SSSR count). The van der Waals surface area contributed by atoms with Crippen molar-refractivity contribution in [3.63, 3.8) is 0 Å². The van der Waals surface area contributed by atoms with Crippen LogP contribution in [0.3, 0.4) is 0 Å². The van der Waals surface area contributed by atoms with Gasteiger partial charge in [0.25, 0.3) is 0 Å². The van der Waals surface area contributed by atoms with Gasteiger partial charge in [0.2, 0.25) is 0 Å². The van der Waals surface area contributed by atoms with Gasteiger partial charge in [-0.15, -0.1) is 0 Å². The van der Waals surface area contributed by atoms with E-state index in [0.717, 1.165) is 24.4 Å². The van der Waals surface area contributed by atoms with Crippen LogP contribution in [0.25, 0.3) is 0 Å². The number of anilines is 1. The predicted molar refractivity (Wildman–Crippen MR) is 104 cm³/mol. The van der Waals surface area contributed by atoms with Crippen LogP contribution >= 0.6 is 0 Å². The molecule has 0 aliphatic heterocycles. The monoisotopic (exact) mass is 357 g/mol. The van der Waals surface area contributed by atoms with Gasteiger partial charge in [-0.25, -0.2) is 4.98 Å². The molecule has 0 bridgehead atoms. The molecule has 1 heterocycles. The Morgan fingerprint density at radius 1 is 1.16 bits per heavy atom. The number of nitrogens with zero attached hydrogens (tertiary/aromatic N) is 2. The number of nitriles is 1. The van der Waals surface area contributed by atoms with Crippen molar-refractivity contribution in [3.05, 3.63) is 23.4 Å². The summed E-state index contributed by atoms with van der Waals surface area (Å²) in [5.74, 6) is 1.37. The lowest BCUT2D eigenvalue weighted by molar-refractivity contribution is 0.183. The normalized spacial score (nSPS) is 23.4. The third kappa shape index (κ3) is 4.07. The molecule has 1 aromatic heterocycles. The fraction of sp³-hybridized carbons (Fsp3) is 0.700. The molecule has 2 atom stereocenters. The van der Waals surface area contributed by atoms with Crippen molar-refractivity contribution >= 4 is 14.1 Å². The highest BCUT2D eigenvalue weighted by Crippen LogP contribution is 2.40. The molecule has 2 aliphatic rings. The van der Waals surface area contributed by atoms with E-state index in [0.29, 0.717) is 11.5 Å². The molecule has 2 aliphatic carbocycles. The summed E-state index contributed by atoms with van der Waals surface area (Å²) in [6.45, 7) is 6.85. The second-order valence-corrected chi connectivity index (χ2v) is 12.3. The van der Waals surface area contributed by atoms with Gasteiger partial charge in [-0.3, -0.25) is 0 Å². The van der Waals surface area contributed by atoms with E-state index in [2.05, 4.69) is 32.2 Å². The van der Waals surface area contributed by atoms with Crippen LogP contribution in [0.4, 0.5) is 5.82 Å². The van der Waals surface area contributed by atoms with Gasteiger partial charge in [0.05, 0.1) is 17.7 Å². The average molecular weight is 358 g/mol. The van der Waals surface area contributed by atoms with Crippen LogP contribution in [0.1, 0.15) is 70.1 Å². The maximum absolute atomic E-state index is 9.45. The Hall–Kier alpha value is -1.38. The minimum Gasteiger partial charge on any atom is -0.412 e. The Morgan fingerprint density at radius 2 is 1.88 bits per heavy atom. The first-order valence-corrected chi connectivity index (χ1v) is 12.5. The molecule has 4 nitrogen and oxygen atoms in total. The van der Waals surface area contributed by atoms with Crippen molar-refractivity contribution in [2.24, 2.45) is 0 Å². The maximum Gasteiger partial charge on any atom is 0.192 e. The topological polar surface area (TPSA) is 57.9 Å². The van der Waals surface area contributed by atoms with Gasteiger partial charge in [0.1, 0.15) is 11.9 Å². The van der Waals surface area contributed by atoms with Crippen molar-refractivity contribution in [3.8, 4) is 6.07 Å². The molecule has 2 unspecified atom stereocenters. The van der Waals surface area contributed by atoms with Crippen molar-refractivity contribution in [1.82, 2.24) is 4.98 Å². The zero-order valence-electron chi connectivity index (χ0n) is 15.8. The number of hydrogen-bond acceptors (Lipinski definition) is 4. The van der Waals surface area contributed by atoms with E-state index >= 15 is 0 Å². The highest BCUT2D eigenvalue weighted by atomic mass is 28.4. The van der Waals surface area contributed by atoms with Gasteiger partial charge in [-0.1, -0.05) is 20.8 Å². The first-order valence-electron chi connectivity index (χ1n) is 10.00. The van der Waals surface area contributed by atoms with Crippen LogP contribution in [0.15, 0.2) is 12.1 Å². The smallest absolute Gasteiger partial charge is 0.192 e. The van der Waals surface area contributed by atoms with Crippen LogP contribution in [0.2, 0.25) is 18.1 Å². The predicted octanol–water partition coefficient (Wildman–Crippen LogP) is 5.19. The average Bonchev–Trinajstić information content (AvgIpc) is 3.42. The molecule has 5 heteroatoms. The number of pyridine rings is 1. The molecular weight excluding hydrogens is 326 g/mol. The first kappa shape index (κ1) is 18.4. The van der Waals surface area contributed by atoms with E-state index in [1.54, 1.807) is 0 Å². The molecule has 2 saturated carbocycles. The highest BCUT2D eigenvalue weighted by molar-refractivity contribution is 6.73. The van der Waals surface area contributed by atoms with Crippen molar-refractivity contribution < 1.29 is 4.43 Å². The minimum atomic E-state index is -1.61. The van der Waals surface area contributed by atoms with Crippen LogP contribution in [-0.4, -0.2) is 25.4 Å². The summed E-state index contributed by atoms with van der Waals surface area (Å²) in [5.41, 5.74) is 1.79. The van der Waals surface area contributed by atoms with Crippen LogP contribution in [0.5, 0.6) is 0 Å². The van der Waals surface area contributed by atoms with Gasteiger partial charge in [-0.05, 0) is 62.4 Å². The summed E-state index contributed by atoms with van der Waals surface area (Å²) in [7, 11) is -1.61. The minimum absolute atomic E-state index is 0.268. The summed E-state index contributed by atoms with van der Waals surface area (Å²) in [6, 6.07) is 10.1. The van der Waals surface area contributed by atoms with Gasteiger partial charge in [0.15, 0.2) is 8.32 Å². The Kier molecular flexibility index (Phi) is 5.80. The zero-order chi connectivity index (χ0) is 17.9. The van der Waals surface area contributed by atoms with E-state index in [-0.39, 0.29) is 12.1 Å².